The number of hydrogen-bond acceptors (Lipinski definition) is 6. The van der Waals surface area contributed by atoms with Crippen LogP contribution in [-0.4, -0.2) is 64.1 Å². The third kappa shape index (κ3) is 3.78. The minimum Gasteiger partial charge on any atom is -0.475 e. The summed E-state index contributed by atoms with van der Waals surface area (Å²) in [6.45, 7) is 3.06. The van der Waals surface area contributed by atoms with E-state index in [1.54, 1.807) is 4.90 Å². The number of piperazine rings is 1. The lowest BCUT2D eigenvalue weighted by Gasteiger charge is -2.34. The number of halogens is 1. The molecule has 3 rings (SSSR count). The first-order chi connectivity index (χ1) is 12.5. The van der Waals surface area contributed by atoms with E-state index in [2.05, 4.69) is 15.1 Å². The van der Waals surface area contributed by atoms with Crippen molar-refractivity contribution < 1.29 is 14.5 Å². The van der Waals surface area contributed by atoms with Gasteiger partial charge in [-0.05, 0) is 17.7 Å². The Kier molecular flexibility index (Phi) is 5.38. The molecule has 0 spiro atoms. The summed E-state index contributed by atoms with van der Waals surface area (Å²) in [5.41, 5.74) is 0.558. The Morgan fingerprint density at radius 2 is 1.96 bits per heavy atom. The molecule has 1 fully saturated rings. The van der Waals surface area contributed by atoms with Crippen LogP contribution in [0.2, 0.25) is 5.02 Å². The van der Waals surface area contributed by atoms with Gasteiger partial charge in [0.2, 0.25) is 5.69 Å². The molecule has 2 heterocycles. The van der Waals surface area contributed by atoms with Crippen molar-refractivity contribution in [3.63, 3.8) is 0 Å². The molecule has 1 N–H and O–H groups in total. The molecule has 0 unspecified atom stereocenters. The highest BCUT2D eigenvalue weighted by molar-refractivity contribution is 6.30. The van der Waals surface area contributed by atoms with Crippen LogP contribution in [0.1, 0.15) is 16.1 Å². The van der Waals surface area contributed by atoms with Crippen molar-refractivity contribution in [2.24, 2.45) is 0 Å². The maximum absolute atomic E-state index is 12.6. The number of rotatable bonds is 5. The molecule has 1 amide bonds. The molecule has 10 heteroatoms. The number of benzene rings is 1. The summed E-state index contributed by atoms with van der Waals surface area (Å²) >= 11 is 5.89. The van der Waals surface area contributed by atoms with Crippen molar-refractivity contribution in [3.05, 3.63) is 50.7 Å². The van der Waals surface area contributed by atoms with Crippen LogP contribution in [0.4, 0.5) is 5.69 Å². The van der Waals surface area contributed by atoms with E-state index in [0.29, 0.717) is 31.2 Å². The van der Waals surface area contributed by atoms with E-state index in [1.807, 2.05) is 24.3 Å². The zero-order valence-corrected chi connectivity index (χ0v) is 14.9. The summed E-state index contributed by atoms with van der Waals surface area (Å²) in [7, 11) is 1.27. The first-order valence-corrected chi connectivity index (χ1v) is 8.40. The lowest BCUT2D eigenvalue weighted by Crippen LogP contribution is -2.48. The van der Waals surface area contributed by atoms with E-state index in [0.717, 1.165) is 12.1 Å². The van der Waals surface area contributed by atoms with Gasteiger partial charge in [0.1, 0.15) is 0 Å². The fourth-order valence-corrected chi connectivity index (χ4v) is 3.02. The van der Waals surface area contributed by atoms with Crippen LogP contribution >= 0.6 is 11.6 Å². The molecule has 0 atom stereocenters. The molecule has 2 aromatic rings. The van der Waals surface area contributed by atoms with Gasteiger partial charge in [-0.1, -0.05) is 23.7 Å². The fourth-order valence-electron chi connectivity index (χ4n) is 2.90. The lowest BCUT2D eigenvalue weighted by molar-refractivity contribution is -0.386. The number of nitrogens with zero attached hydrogens (tertiary/aromatic N) is 4. The van der Waals surface area contributed by atoms with Gasteiger partial charge in [-0.25, -0.2) is 0 Å². The molecule has 1 aliphatic rings. The Morgan fingerprint density at radius 1 is 1.31 bits per heavy atom. The van der Waals surface area contributed by atoms with Gasteiger partial charge in [0.05, 0.1) is 12.0 Å². The van der Waals surface area contributed by atoms with Crippen molar-refractivity contribution >= 4 is 23.2 Å². The number of nitrogens with one attached hydrogen (secondary N) is 1. The molecule has 1 aromatic carbocycles. The average molecular weight is 380 g/mol. The van der Waals surface area contributed by atoms with Crippen LogP contribution in [0.3, 0.4) is 0 Å². The quantitative estimate of drug-likeness (QED) is 0.628. The van der Waals surface area contributed by atoms with Crippen LogP contribution in [0, 0.1) is 10.1 Å². The van der Waals surface area contributed by atoms with Gasteiger partial charge in [-0.15, -0.1) is 5.10 Å². The summed E-state index contributed by atoms with van der Waals surface area (Å²) in [5.74, 6) is -0.640. The Bertz CT molecular complexity index is 799. The standard InChI is InChI=1S/C16H18ClN5O4/c1-26-15-14(22(24)25)13(18-19-15)16(23)21-8-6-20(7-9-21)10-11-2-4-12(17)5-3-11/h2-5H,6-10H2,1H3,(H,18,19). The van der Waals surface area contributed by atoms with E-state index in [-0.39, 0.29) is 11.6 Å². The monoisotopic (exact) mass is 379 g/mol. The van der Waals surface area contributed by atoms with E-state index >= 15 is 0 Å². The zero-order valence-electron chi connectivity index (χ0n) is 14.1. The second kappa shape index (κ2) is 7.71. The third-order valence-electron chi connectivity index (χ3n) is 4.28. The van der Waals surface area contributed by atoms with E-state index in [9.17, 15) is 14.9 Å². The highest BCUT2D eigenvalue weighted by atomic mass is 35.5. The van der Waals surface area contributed by atoms with Gasteiger partial charge in [-0.2, -0.15) is 0 Å². The van der Waals surface area contributed by atoms with Gasteiger partial charge >= 0.3 is 11.6 Å². The molecule has 0 saturated carbocycles. The number of H-pyrrole nitrogens is 1. The average Bonchev–Trinajstić information content (AvgIpc) is 3.08. The predicted molar refractivity (Wildman–Crippen MR) is 94.4 cm³/mol. The normalized spacial score (nSPS) is 15.1. The Morgan fingerprint density at radius 3 is 2.54 bits per heavy atom. The Labute approximate surface area is 154 Å². The van der Waals surface area contributed by atoms with Gasteiger partial charge in [0, 0.05) is 37.7 Å². The van der Waals surface area contributed by atoms with E-state index in [4.69, 9.17) is 16.3 Å². The molecule has 0 aliphatic carbocycles. The highest BCUT2D eigenvalue weighted by Crippen LogP contribution is 2.28. The minimum atomic E-state index is -0.660. The Balaban J connectivity index is 1.63. The first kappa shape index (κ1) is 18.2. The summed E-state index contributed by atoms with van der Waals surface area (Å²) in [5, 5.41) is 18.0. The van der Waals surface area contributed by atoms with Crippen LogP contribution in [-0.2, 0) is 6.54 Å². The van der Waals surface area contributed by atoms with Gasteiger partial charge in [-0.3, -0.25) is 24.9 Å². The number of carbonyl (C=O) groups excluding carboxylic acids is 1. The van der Waals surface area contributed by atoms with Gasteiger partial charge in [0.25, 0.3) is 5.91 Å². The van der Waals surface area contributed by atoms with Crippen molar-refractivity contribution in [1.82, 2.24) is 20.0 Å². The van der Waals surface area contributed by atoms with Gasteiger partial charge < -0.3 is 9.64 Å². The summed E-state index contributed by atoms with van der Waals surface area (Å²) in [6.07, 6.45) is 0. The first-order valence-electron chi connectivity index (χ1n) is 8.02. The molecule has 0 bridgehead atoms. The number of nitro groups is 1. The van der Waals surface area contributed by atoms with Crippen LogP contribution in [0.25, 0.3) is 0 Å². The van der Waals surface area contributed by atoms with Crippen molar-refractivity contribution in [2.75, 3.05) is 33.3 Å². The zero-order chi connectivity index (χ0) is 18.7. The maximum Gasteiger partial charge on any atom is 0.362 e. The van der Waals surface area contributed by atoms with Crippen LogP contribution in [0.5, 0.6) is 5.88 Å². The number of methoxy groups -OCH3 is 1. The number of hydrogen-bond donors (Lipinski definition) is 1. The highest BCUT2D eigenvalue weighted by Gasteiger charge is 2.33. The third-order valence-corrected chi connectivity index (χ3v) is 4.53. The Hall–Kier alpha value is -2.65. The molecular formula is C16H18ClN5O4. The molecule has 138 valence electrons. The molecule has 1 saturated heterocycles. The SMILES string of the molecule is COc1n[nH]c(C(=O)N2CCN(Cc3ccc(Cl)cc3)CC2)c1[N+](=O)[O-]. The molecule has 0 radical (unpaired) electrons. The van der Waals surface area contributed by atoms with Crippen molar-refractivity contribution in [3.8, 4) is 5.88 Å². The summed E-state index contributed by atoms with van der Waals surface area (Å²) in [4.78, 5) is 27.0. The fraction of sp³-hybridized carbons (Fsp3) is 0.375. The lowest BCUT2D eigenvalue weighted by atomic mass is 10.2. The van der Waals surface area contributed by atoms with Crippen LogP contribution < -0.4 is 4.74 Å². The number of aromatic nitrogens is 2. The largest absolute Gasteiger partial charge is 0.475 e. The number of aromatic amines is 1. The van der Waals surface area contributed by atoms with E-state index in [1.165, 1.54) is 7.11 Å². The maximum atomic E-state index is 12.6. The predicted octanol–water partition coefficient (Wildman–Crippen LogP) is 1.94. The number of carbonyl (C=O) groups is 1. The number of amides is 1. The van der Waals surface area contributed by atoms with E-state index < -0.39 is 16.5 Å². The minimum absolute atomic E-state index is 0.155. The second-order valence-corrected chi connectivity index (χ2v) is 6.34. The van der Waals surface area contributed by atoms with Crippen molar-refractivity contribution in [1.29, 1.82) is 0 Å². The summed E-state index contributed by atoms with van der Waals surface area (Å²) < 4.78 is 4.84. The number of ether oxygens (including phenoxy) is 1. The molecule has 9 nitrogen and oxygen atoms in total. The smallest absolute Gasteiger partial charge is 0.362 e. The molecule has 1 aliphatic heterocycles. The molecule has 26 heavy (non-hydrogen) atoms. The van der Waals surface area contributed by atoms with Crippen molar-refractivity contribution in [2.45, 2.75) is 6.54 Å². The topological polar surface area (TPSA) is 105 Å². The van der Waals surface area contributed by atoms with Crippen LogP contribution in [0.15, 0.2) is 24.3 Å². The summed E-state index contributed by atoms with van der Waals surface area (Å²) in [6, 6.07) is 7.64. The van der Waals surface area contributed by atoms with Gasteiger partial charge in [0.15, 0.2) is 0 Å². The second-order valence-electron chi connectivity index (χ2n) is 5.91. The molecular weight excluding hydrogens is 362 g/mol. The molecule has 1 aromatic heterocycles.